The molecule has 1 heterocycles. The molecule has 4 aromatic rings. The summed E-state index contributed by atoms with van der Waals surface area (Å²) >= 11 is 3.39. The first kappa shape index (κ1) is 22.5. The molecule has 1 aromatic heterocycles. The summed E-state index contributed by atoms with van der Waals surface area (Å²) in [6.07, 6.45) is 1.50. The number of hydrazone groups is 1. The van der Waals surface area contributed by atoms with E-state index in [0.717, 1.165) is 9.86 Å². The predicted octanol–water partition coefficient (Wildman–Crippen LogP) is 6.08. The average Bonchev–Trinajstić information content (AvgIpc) is 3.22. The molecule has 33 heavy (non-hydrogen) atoms. The Kier molecular flexibility index (Phi) is 7.04. The van der Waals surface area contributed by atoms with Crippen molar-refractivity contribution < 1.29 is 23.1 Å². The minimum absolute atomic E-state index is 0.163. The number of fused-ring (bicyclic) bond motifs is 1. The summed E-state index contributed by atoms with van der Waals surface area (Å²) in [4.78, 5) is 12.4. The number of furan rings is 1. The van der Waals surface area contributed by atoms with Crippen LogP contribution in [0.25, 0.3) is 11.0 Å². The van der Waals surface area contributed by atoms with Crippen LogP contribution >= 0.6 is 15.9 Å². The fourth-order valence-corrected chi connectivity index (χ4v) is 3.51. The van der Waals surface area contributed by atoms with Crippen molar-refractivity contribution in [2.75, 3.05) is 6.61 Å². The zero-order valence-corrected chi connectivity index (χ0v) is 19.3. The third-order valence-electron chi connectivity index (χ3n) is 4.63. The molecule has 4 rings (SSSR count). The average molecular weight is 511 g/mol. The van der Waals surface area contributed by atoms with E-state index < -0.39 is 5.91 Å². The first-order valence-corrected chi connectivity index (χ1v) is 11.0. The topological polar surface area (TPSA) is 73.1 Å². The monoisotopic (exact) mass is 510 g/mol. The molecular formula is C25H20BrFN2O4. The zero-order valence-electron chi connectivity index (χ0n) is 17.7. The Bertz CT molecular complexity index is 1320. The lowest BCUT2D eigenvalue weighted by Gasteiger charge is -2.12. The summed E-state index contributed by atoms with van der Waals surface area (Å²) in [6.45, 7) is 2.51. The molecule has 0 radical (unpaired) electrons. The van der Waals surface area contributed by atoms with Crippen molar-refractivity contribution in [1.29, 1.82) is 0 Å². The SMILES string of the molecule is CCOc1cc(/C=N/NC(=O)c2cc3cc(Br)ccc3o2)ccc1OCc1cccc(F)c1. The fourth-order valence-electron chi connectivity index (χ4n) is 3.13. The largest absolute Gasteiger partial charge is 0.490 e. The Labute approximate surface area is 198 Å². The van der Waals surface area contributed by atoms with Crippen LogP contribution in [0, 0.1) is 5.82 Å². The van der Waals surface area contributed by atoms with Crippen molar-refractivity contribution >= 4 is 39.0 Å². The number of benzene rings is 3. The Morgan fingerprint density at radius 3 is 2.79 bits per heavy atom. The third kappa shape index (κ3) is 5.78. The number of ether oxygens (including phenoxy) is 2. The lowest BCUT2D eigenvalue weighted by Crippen LogP contribution is -2.16. The molecule has 0 aliphatic rings. The van der Waals surface area contributed by atoms with Crippen LogP contribution in [0.1, 0.15) is 28.6 Å². The summed E-state index contributed by atoms with van der Waals surface area (Å²) in [5.74, 6) is 0.433. The van der Waals surface area contributed by atoms with Crippen LogP contribution in [-0.4, -0.2) is 18.7 Å². The number of rotatable bonds is 8. The summed E-state index contributed by atoms with van der Waals surface area (Å²) in [7, 11) is 0. The van der Waals surface area contributed by atoms with Gasteiger partial charge < -0.3 is 13.9 Å². The summed E-state index contributed by atoms with van der Waals surface area (Å²) in [5.41, 5.74) is 4.48. The van der Waals surface area contributed by atoms with Gasteiger partial charge in [-0.05, 0) is 72.6 Å². The standard InChI is InChI=1S/C25H20BrFN2O4/c1-2-31-23-11-16(6-8-22(23)32-15-17-4-3-5-20(27)10-17)14-28-29-25(30)24-13-18-12-19(26)7-9-21(18)33-24/h3-14H,2,15H2,1H3,(H,29,30)/b28-14+. The van der Waals surface area contributed by atoms with E-state index in [1.54, 1.807) is 42.5 Å². The number of amides is 1. The van der Waals surface area contributed by atoms with E-state index in [1.807, 2.05) is 19.1 Å². The first-order chi connectivity index (χ1) is 16.0. The molecule has 168 valence electrons. The maximum absolute atomic E-state index is 13.4. The molecule has 6 nitrogen and oxygen atoms in total. The number of nitrogens with one attached hydrogen (secondary N) is 1. The minimum atomic E-state index is -0.460. The zero-order chi connectivity index (χ0) is 23.2. The van der Waals surface area contributed by atoms with Gasteiger partial charge in [0.15, 0.2) is 17.3 Å². The Morgan fingerprint density at radius 2 is 1.97 bits per heavy atom. The van der Waals surface area contributed by atoms with Gasteiger partial charge >= 0.3 is 5.91 Å². The Morgan fingerprint density at radius 1 is 1.09 bits per heavy atom. The van der Waals surface area contributed by atoms with E-state index in [1.165, 1.54) is 18.3 Å². The van der Waals surface area contributed by atoms with E-state index in [0.29, 0.717) is 34.8 Å². The highest BCUT2D eigenvalue weighted by atomic mass is 79.9. The van der Waals surface area contributed by atoms with Gasteiger partial charge in [-0.25, -0.2) is 9.82 Å². The van der Waals surface area contributed by atoms with Crippen LogP contribution in [0.3, 0.4) is 0 Å². The maximum atomic E-state index is 13.4. The smallest absolute Gasteiger partial charge is 0.307 e. The Balaban J connectivity index is 1.42. The van der Waals surface area contributed by atoms with Gasteiger partial charge in [0.1, 0.15) is 18.0 Å². The number of halogens is 2. The predicted molar refractivity (Wildman–Crippen MR) is 127 cm³/mol. The molecule has 8 heteroatoms. The molecular weight excluding hydrogens is 491 g/mol. The van der Waals surface area contributed by atoms with Crippen LogP contribution in [-0.2, 0) is 6.61 Å². The van der Waals surface area contributed by atoms with Crippen molar-refractivity contribution in [2.24, 2.45) is 5.10 Å². The number of carbonyl (C=O) groups excluding carboxylic acids is 1. The highest BCUT2D eigenvalue weighted by molar-refractivity contribution is 9.10. The second-order valence-corrected chi connectivity index (χ2v) is 7.97. The summed E-state index contributed by atoms with van der Waals surface area (Å²) < 4.78 is 31.3. The molecule has 1 N–H and O–H groups in total. The summed E-state index contributed by atoms with van der Waals surface area (Å²) in [6, 6.07) is 18.6. The highest BCUT2D eigenvalue weighted by Crippen LogP contribution is 2.29. The molecule has 0 fully saturated rings. The van der Waals surface area contributed by atoms with Crippen molar-refractivity contribution in [1.82, 2.24) is 5.43 Å². The first-order valence-electron chi connectivity index (χ1n) is 10.2. The number of carbonyl (C=O) groups is 1. The van der Waals surface area contributed by atoms with Crippen molar-refractivity contribution in [3.8, 4) is 11.5 Å². The Hall–Kier alpha value is -3.65. The molecule has 0 aliphatic carbocycles. The molecule has 0 bridgehead atoms. The molecule has 0 aliphatic heterocycles. The molecule has 0 atom stereocenters. The van der Waals surface area contributed by atoms with Crippen LogP contribution in [0.15, 0.2) is 80.7 Å². The van der Waals surface area contributed by atoms with Crippen LogP contribution in [0.2, 0.25) is 0 Å². The van der Waals surface area contributed by atoms with Gasteiger partial charge in [0.25, 0.3) is 0 Å². The fraction of sp³-hybridized carbons (Fsp3) is 0.120. The van der Waals surface area contributed by atoms with Crippen LogP contribution < -0.4 is 14.9 Å². The highest BCUT2D eigenvalue weighted by Gasteiger charge is 2.12. The molecule has 3 aromatic carbocycles. The maximum Gasteiger partial charge on any atom is 0.307 e. The van der Waals surface area contributed by atoms with Crippen molar-refractivity contribution in [2.45, 2.75) is 13.5 Å². The van der Waals surface area contributed by atoms with Gasteiger partial charge in [-0.1, -0.05) is 28.1 Å². The van der Waals surface area contributed by atoms with E-state index in [4.69, 9.17) is 13.9 Å². The molecule has 0 spiro atoms. The third-order valence-corrected chi connectivity index (χ3v) is 5.13. The van der Waals surface area contributed by atoms with Crippen LogP contribution in [0.4, 0.5) is 4.39 Å². The minimum Gasteiger partial charge on any atom is -0.490 e. The van der Waals surface area contributed by atoms with E-state index in [2.05, 4.69) is 26.5 Å². The molecule has 1 amide bonds. The number of nitrogens with zero attached hydrogens (tertiary/aromatic N) is 1. The summed E-state index contributed by atoms with van der Waals surface area (Å²) in [5, 5.41) is 4.82. The lowest BCUT2D eigenvalue weighted by molar-refractivity contribution is 0.0929. The van der Waals surface area contributed by atoms with E-state index >= 15 is 0 Å². The van der Waals surface area contributed by atoms with Crippen LogP contribution in [0.5, 0.6) is 11.5 Å². The van der Waals surface area contributed by atoms with Gasteiger partial charge in [-0.3, -0.25) is 4.79 Å². The van der Waals surface area contributed by atoms with E-state index in [9.17, 15) is 9.18 Å². The van der Waals surface area contributed by atoms with Crippen molar-refractivity contribution in [3.05, 3.63) is 93.9 Å². The second-order valence-electron chi connectivity index (χ2n) is 7.05. The van der Waals surface area contributed by atoms with Gasteiger partial charge in [0.05, 0.1) is 12.8 Å². The van der Waals surface area contributed by atoms with Gasteiger partial charge in [-0.15, -0.1) is 0 Å². The lowest BCUT2D eigenvalue weighted by atomic mass is 10.2. The normalized spacial score (nSPS) is 11.1. The second kappa shape index (κ2) is 10.3. The van der Waals surface area contributed by atoms with Gasteiger partial charge in [-0.2, -0.15) is 5.10 Å². The number of hydrogen-bond acceptors (Lipinski definition) is 5. The molecule has 0 saturated heterocycles. The molecule has 0 saturated carbocycles. The van der Waals surface area contributed by atoms with Gasteiger partial charge in [0.2, 0.25) is 0 Å². The van der Waals surface area contributed by atoms with Crippen molar-refractivity contribution in [3.63, 3.8) is 0 Å². The number of hydrogen-bond donors (Lipinski definition) is 1. The quantitative estimate of drug-likeness (QED) is 0.230. The van der Waals surface area contributed by atoms with E-state index in [-0.39, 0.29) is 18.2 Å². The molecule has 0 unspecified atom stereocenters. The van der Waals surface area contributed by atoms with Gasteiger partial charge in [0, 0.05) is 9.86 Å².